The van der Waals surface area contributed by atoms with Crippen LogP contribution in [-0.2, 0) is 0 Å². The maximum absolute atomic E-state index is 6.30. The van der Waals surface area contributed by atoms with Gasteiger partial charge < -0.3 is 10.2 Å². The van der Waals surface area contributed by atoms with Crippen molar-refractivity contribution in [1.29, 1.82) is 0 Å². The van der Waals surface area contributed by atoms with Gasteiger partial charge in [-0.1, -0.05) is 20.8 Å². The van der Waals surface area contributed by atoms with Crippen LogP contribution in [0.15, 0.2) is 0 Å². The molecule has 1 rings (SSSR count). The molecular formula is C14H29ClN2. The predicted molar refractivity (Wildman–Crippen MR) is 76.9 cm³/mol. The molecule has 1 aliphatic heterocycles. The maximum Gasteiger partial charge on any atom is 0.0465 e. The van der Waals surface area contributed by atoms with E-state index in [1.54, 1.807) is 0 Å². The summed E-state index contributed by atoms with van der Waals surface area (Å²) in [5.74, 6) is 0. The Morgan fingerprint density at radius 2 is 1.88 bits per heavy atom. The lowest BCUT2D eigenvalue weighted by Crippen LogP contribution is -2.29. The lowest BCUT2D eigenvalue weighted by molar-refractivity contribution is 0.328. The summed E-state index contributed by atoms with van der Waals surface area (Å²) in [6.45, 7) is 12.6. The summed E-state index contributed by atoms with van der Waals surface area (Å²) >= 11 is 6.30. The quantitative estimate of drug-likeness (QED) is 0.559. The molecule has 0 saturated carbocycles. The fourth-order valence-electron chi connectivity index (χ4n) is 2.43. The lowest BCUT2D eigenvalue weighted by atomic mass is 9.90. The molecule has 0 bridgehead atoms. The first-order valence-electron chi connectivity index (χ1n) is 7.04. The fraction of sp³-hybridized carbons (Fsp3) is 1.00. The first-order valence-corrected chi connectivity index (χ1v) is 7.48. The van der Waals surface area contributed by atoms with Gasteiger partial charge in [0.15, 0.2) is 0 Å². The highest BCUT2D eigenvalue weighted by Gasteiger charge is 2.16. The van der Waals surface area contributed by atoms with Crippen molar-refractivity contribution in [3.05, 3.63) is 0 Å². The maximum atomic E-state index is 6.30. The average Bonchev–Trinajstić information content (AvgIpc) is 2.67. The van der Waals surface area contributed by atoms with Crippen molar-refractivity contribution in [2.75, 3.05) is 32.7 Å². The monoisotopic (exact) mass is 260 g/mol. The third-order valence-corrected chi connectivity index (χ3v) is 3.53. The molecule has 0 aromatic rings. The van der Waals surface area contributed by atoms with Crippen LogP contribution >= 0.6 is 11.6 Å². The normalized spacial score (nSPS) is 19.8. The highest BCUT2D eigenvalue weighted by Crippen LogP contribution is 2.23. The number of nitrogens with zero attached hydrogens (tertiary/aromatic N) is 1. The zero-order valence-corrected chi connectivity index (χ0v) is 12.5. The second-order valence-electron chi connectivity index (χ2n) is 6.47. The smallest absolute Gasteiger partial charge is 0.0465 e. The molecule has 1 heterocycles. The van der Waals surface area contributed by atoms with Crippen LogP contribution in [0.2, 0.25) is 0 Å². The van der Waals surface area contributed by atoms with Crippen LogP contribution in [-0.4, -0.2) is 43.0 Å². The van der Waals surface area contributed by atoms with Gasteiger partial charge >= 0.3 is 0 Å². The summed E-state index contributed by atoms with van der Waals surface area (Å²) in [4.78, 5) is 2.56. The second-order valence-corrected chi connectivity index (χ2v) is 7.09. The van der Waals surface area contributed by atoms with Gasteiger partial charge in [0.1, 0.15) is 0 Å². The molecule has 0 aromatic heterocycles. The van der Waals surface area contributed by atoms with E-state index in [1.165, 1.54) is 38.9 Å². The Morgan fingerprint density at radius 1 is 1.24 bits per heavy atom. The highest BCUT2D eigenvalue weighted by atomic mass is 35.5. The summed E-state index contributed by atoms with van der Waals surface area (Å²) in [5.41, 5.74) is 0.337. The van der Waals surface area contributed by atoms with E-state index in [9.17, 15) is 0 Å². The molecule has 0 spiro atoms. The number of alkyl halides is 1. The van der Waals surface area contributed by atoms with Gasteiger partial charge in [-0.3, -0.25) is 0 Å². The molecular weight excluding hydrogens is 232 g/mol. The van der Waals surface area contributed by atoms with Gasteiger partial charge in [-0.25, -0.2) is 0 Å². The number of likely N-dealkylation sites (tertiary alicyclic amines) is 1. The van der Waals surface area contributed by atoms with Gasteiger partial charge in [0.25, 0.3) is 0 Å². The van der Waals surface area contributed by atoms with Gasteiger partial charge in [0.05, 0.1) is 0 Å². The Balaban J connectivity index is 1.92. The van der Waals surface area contributed by atoms with Gasteiger partial charge in [-0.15, -0.1) is 11.6 Å². The average molecular weight is 261 g/mol. The minimum absolute atomic E-state index is 0.266. The van der Waals surface area contributed by atoms with Gasteiger partial charge in [-0.05, 0) is 57.3 Å². The topological polar surface area (TPSA) is 15.3 Å². The molecule has 0 radical (unpaired) electrons. The summed E-state index contributed by atoms with van der Waals surface area (Å²) in [5, 5.41) is 3.74. The molecule has 0 aromatic carbocycles. The molecule has 0 aliphatic carbocycles. The number of halogens is 1. The van der Waals surface area contributed by atoms with Crippen molar-refractivity contribution in [3.8, 4) is 0 Å². The van der Waals surface area contributed by atoms with Crippen molar-refractivity contribution >= 4 is 11.6 Å². The molecule has 1 atom stereocenters. The van der Waals surface area contributed by atoms with Gasteiger partial charge in [-0.2, -0.15) is 0 Å². The SMILES string of the molecule is CC(C)(C)CC(Cl)CNCCCN1CCCC1. The van der Waals surface area contributed by atoms with Crippen LogP contribution in [0.4, 0.5) is 0 Å². The van der Waals surface area contributed by atoms with Crippen molar-refractivity contribution in [2.45, 2.75) is 51.8 Å². The van der Waals surface area contributed by atoms with Crippen LogP contribution in [0, 0.1) is 5.41 Å². The van der Waals surface area contributed by atoms with Gasteiger partial charge in [0, 0.05) is 11.9 Å². The lowest BCUT2D eigenvalue weighted by Gasteiger charge is -2.22. The highest BCUT2D eigenvalue weighted by molar-refractivity contribution is 6.20. The van der Waals surface area contributed by atoms with E-state index in [0.717, 1.165) is 19.5 Å². The molecule has 0 amide bonds. The van der Waals surface area contributed by atoms with E-state index >= 15 is 0 Å². The minimum atomic E-state index is 0.266. The van der Waals surface area contributed by atoms with Crippen LogP contribution < -0.4 is 5.32 Å². The Morgan fingerprint density at radius 3 is 2.47 bits per heavy atom. The third-order valence-electron chi connectivity index (χ3n) is 3.23. The Hall–Kier alpha value is 0.210. The summed E-state index contributed by atoms with van der Waals surface area (Å²) < 4.78 is 0. The molecule has 1 unspecified atom stereocenters. The van der Waals surface area contributed by atoms with Crippen molar-refractivity contribution < 1.29 is 0 Å². The second kappa shape index (κ2) is 7.60. The van der Waals surface area contributed by atoms with Crippen LogP contribution in [0.5, 0.6) is 0 Å². The van der Waals surface area contributed by atoms with E-state index in [1.807, 2.05) is 0 Å². The van der Waals surface area contributed by atoms with E-state index in [-0.39, 0.29) is 5.38 Å². The predicted octanol–water partition coefficient (Wildman–Crippen LogP) is 3.11. The third kappa shape index (κ3) is 8.01. The summed E-state index contributed by atoms with van der Waals surface area (Å²) in [6.07, 6.45) is 5.11. The molecule has 17 heavy (non-hydrogen) atoms. The minimum Gasteiger partial charge on any atom is -0.315 e. The standard InChI is InChI=1S/C14H29ClN2/c1-14(2,3)11-13(15)12-16-7-6-10-17-8-4-5-9-17/h13,16H,4-12H2,1-3H3. The molecule has 3 heteroatoms. The van der Waals surface area contributed by atoms with Crippen molar-refractivity contribution in [2.24, 2.45) is 5.41 Å². The number of hydrogen-bond acceptors (Lipinski definition) is 2. The molecule has 1 fully saturated rings. The van der Waals surface area contributed by atoms with Crippen molar-refractivity contribution in [1.82, 2.24) is 10.2 Å². The number of nitrogens with one attached hydrogen (secondary N) is 1. The van der Waals surface area contributed by atoms with Crippen LogP contribution in [0.25, 0.3) is 0 Å². The first-order chi connectivity index (χ1) is 7.97. The molecule has 2 nitrogen and oxygen atoms in total. The Labute approximate surface area is 112 Å². The van der Waals surface area contributed by atoms with E-state index in [2.05, 4.69) is 31.0 Å². The number of rotatable bonds is 7. The fourth-order valence-corrected chi connectivity index (χ4v) is 3.00. The van der Waals surface area contributed by atoms with Gasteiger partial charge in [0.2, 0.25) is 0 Å². The van der Waals surface area contributed by atoms with E-state index in [4.69, 9.17) is 11.6 Å². The number of hydrogen-bond donors (Lipinski definition) is 1. The Bertz CT molecular complexity index is 195. The summed E-state index contributed by atoms with van der Waals surface area (Å²) in [7, 11) is 0. The zero-order valence-electron chi connectivity index (χ0n) is 11.8. The van der Waals surface area contributed by atoms with E-state index < -0.39 is 0 Å². The zero-order chi connectivity index (χ0) is 12.7. The Kier molecular flexibility index (Phi) is 6.83. The van der Waals surface area contributed by atoms with Crippen LogP contribution in [0.3, 0.4) is 0 Å². The largest absolute Gasteiger partial charge is 0.315 e. The molecule has 1 aliphatic rings. The molecule has 1 saturated heterocycles. The van der Waals surface area contributed by atoms with Crippen molar-refractivity contribution in [3.63, 3.8) is 0 Å². The summed E-state index contributed by atoms with van der Waals surface area (Å²) in [6, 6.07) is 0. The molecule has 1 N–H and O–H groups in total. The van der Waals surface area contributed by atoms with Crippen LogP contribution in [0.1, 0.15) is 46.5 Å². The van der Waals surface area contributed by atoms with E-state index in [0.29, 0.717) is 5.41 Å². The molecule has 102 valence electrons. The first kappa shape index (κ1) is 15.3.